The first-order chi connectivity index (χ1) is 15.8. The molecule has 32 heavy (non-hydrogen) atoms. The summed E-state index contributed by atoms with van der Waals surface area (Å²) in [6.07, 6.45) is 4.19. The highest BCUT2D eigenvalue weighted by Crippen LogP contribution is 2.40. The third-order valence-corrected chi connectivity index (χ3v) is 7.07. The molecule has 0 saturated carbocycles. The van der Waals surface area contributed by atoms with E-state index in [1.807, 2.05) is 18.2 Å². The van der Waals surface area contributed by atoms with Gasteiger partial charge in [-0.25, -0.2) is 15.0 Å². The highest BCUT2D eigenvalue weighted by atomic mass is 16.5. The molecule has 0 radical (unpaired) electrons. The Morgan fingerprint density at radius 1 is 0.594 bits per heavy atom. The van der Waals surface area contributed by atoms with Crippen molar-refractivity contribution in [2.45, 2.75) is 50.0 Å². The zero-order chi connectivity index (χ0) is 21.1. The Labute approximate surface area is 186 Å². The second kappa shape index (κ2) is 7.02. The van der Waals surface area contributed by atoms with E-state index in [9.17, 15) is 0 Å². The highest BCUT2D eigenvalue weighted by Gasteiger charge is 2.39. The van der Waals surface area contributed by atoms with Gasteiger partial charge in [0, 0.05) is 0 Å². The Bertz CT molecular complexity index is 1190. The van der Waals surface area contributed by atoms with Gasteiger partial charge in [-0.2, -0.15) is 0 Å². The van der Waals surface area contributed by atoms with Crippen molar-refractivity contribution in [1.82, 2.24) is 4.98 Å². The SMILES string of the molecule is c1cc(C2=N[C@H]3c4ccccc4CC[C@H]3O2)nc(C2=N[C@H]3c4ccccc4CC[C@H]3O2)c1. The minimum absolute atomic E-state index is 0.0554. The van der Waals surface area contributed by atoms with Gasteiger partial charge in [0.25, 0.3) is 0 Å². The molecule has 5 heteroatoms. The summed E-state index contributed by atoms with van der Waals surface area (Å²) in [5.74, 6) is 1.25. The van der Waals surface area contributed by atoms with Gasteiger partial charge < -0.3 is 9.47 Å². The number of aliphatic imine (C=N–C) groups is 2. The van der Waals surface area contributed by atoms with Crippen LogP contribution in [0, 0.1) is 0 Å². The first kappa shape index (κ1) is 18.1. The van der Waals surface area contributed by atoms with Crippen LogP contribution in [0.5, 0.6) is 0 Å². The van der Waals surface area contributed by atoms with Crippen molar-refractivity contribution in [3.8, 4) is 0 Å². The summed E-state index contributed by atoms with van der Waals surface area (Å²) in [6, 6.07) is 23.1. The van der Waals surface area contributed by atoms with Gasteiger partial charge in [0.1, 0.15) is 35.7 Å². The number of ether oxygens (including phenoxy) is 2. The van der Waals surface area contributed by atoms with Crippen molar-refractivity contribution >= 4 is 11.8 Å². The van der Waals surface area contributed by atoms with Crippen LogP contribution in [-0.4, -0.2) is 29.0 Å². The monoisotopic (exact) mass is 421 g/mol. The largest absolute Gasteiger partial charge is 0.470 e. The molecule has 0 unspecified atom stereocenters. The fourth-order valence-electron chi connectivity index (χ4n) is 5.49. The van der Waals surface area contributed by atoms with Crippen LogP contribution in [0.3, 0.4) is 0 Å². The van der Waals surface area contributed by atoms with Crippen LogP contribution in [0.15, 0.2) is 76.7 Å². The van der Waals surface area contributed by atoms with Crippen molar-refractivity contribution < 1.29 is 9.47 Å². The van der Waals surface area contributed by atoms with Gasteiger partial charge in [0.2, 0.25) is 11.8 Å². The fraction of sp³-hybridized carbons (Fsp3) is 0.296. The van der Waals surface area contributed by atoms with E-state index in [1.165, 1.54) is 22.3 Å². The number of aromatic nitrogens is 1. The molecule has 0 bridgehead atoms. The van der Waals surface area contributed by atoms with Gasteiger partial charge in [-0.05, 0) is 60.1 Å². The Morgan fingerprint density at radius 3 is 1.62 bits per heavy atom. The summed E-state index contributed by atoms with van der Waals surface area (Å²) in [5.41, 5.74) is 6.80. The summed E-state index contributed by atoms with van der Waals surface area (Å²) in [5, 5.41) is 0. The minimum Gasteiger partial charge on any atom is -0.470 e. The summed E-state index contributed by atoms with van der Waals surface area (Å²) < 4.78 is 12.5. The van der Waals surface area contributed by atoms with Gasteiger partial charge in [-0.3, -0.25) is 0 Å². The van der Waals surface area contributed by atoms with Gasteiger partial charge in [0.05, 0.1) is 0 Å². The normalized spacial score (nSPS) is 27.1. The molecule has 2 aliphatic carbocycles. The number of fused-ring (bicyclic) bond motifs is 6. The van der Waals surface area contributed by atoms with Crippen LogP contribution in [0.2, 0.25) is 0 Å². The molecule has 1 aromatic heterocycles. The van der Waals surface area contributed by atoms with Gasteiger partial charge in [-0.15, -0.1) is 0 Å². The molecular formula is C27H23N3O2. The zero-order valence-electron chi connectivity index (χ0n) is 17.6. The first-order valence-corrected chi connectivity index (χ1v) is 11.5. The lowest BCUT2D eigenvalue weighted by atomic mass is 9.86. The fourth-order valence-corrected chi connectivity index (χ4v) is 5.49. The molecule has 7 rings (SSSR count). The van der Waals surface area contributed by atoms with Crippen LogP contribution in [-0.2, 0) is 22.3 Å². The number of benzene rings is 2. The predicted molar refractivity (Wildman–Crippen MR) is 122 cm³/mol. The molecule has 158 valence electrons. The van der Waals surface area contributed by atoms with Crippen molar-refractivity contribution in [3.05, 3.63) is 100 Å². The number of hydrogen-bond donors (Lipinski definition) is 0. The molecule has 0 fully saturated rings. The number of pyridine rings is 1. The maximum atomic E-state index is 6.27. The molecule has 5 nitrogen and oxygen atoms in total. The molecule has 2 aliphatic heterocycles. The average molecular weight is 422 g/mol. The molecule has 0 saturated heterocycles. The molecule has 2 aromatic carbocycles. The lowest BCUT2D eigenvalue weighted by Crippen LogP contribution is -2.24. The molecule has 3 heterocycles. The van der Waals surface area contributed by atoms with Crippen LogP contribution < -0.4 is 0 Å². The van der Waals surface area contributed by atoms with Crippen molar-refractivity contribution in [2.75, 3.05) is 0 Å². The quantitative estimate of drug-likeness (QED) is 0.600. The molecular weight excluding hydrogens is 398 g/mol. The molecule has 0 spiro atoms. The van der Waals surface area contributed by atoms with E-state index in [0.29, 0.717) is 11.8 Å². The molecule has 4 aliphatic rings. The lowest BCUT2D eigenvalue weighted by Gasteiger charge is -2.25. The first-order valence-electron chi connectivity index (χ1n) is 11.5. The van der Waals surface area contributed by atoms with Crippen molar-refractivity contribution in [3.63, 3.8) is 0 Å². The second-order valence-electron chi connectivity index (χ2n) is 8.95. The van der Waals surface area contributed by atoms with E-state index in [2.05, 4.69) is 48.5 Å². The summed E-state index contributed by atoms with van der Waals surface area (Å²) in [4.78, 5) is 14.7. The molecule has 0 amide bonds. The minimum atomic E-state index is 0.0554. The van der Waals surface area contributed by atoms with E-state index >= 15 is 0 Å². The van der Waals surface area contributed by atoms with E-state index < -0.39 is 0 Å². The van der Waals surface area contributed by atoms with E-state index in [0.717, 1.165) is 37.1 Å². The predicted octanol–water partition coefficient (Wildman–Crippen LogP) is 4.75. The third-order valence-electron chi connectivity index (χ3n) is 7.07. The number of nitrogens with zero attached hydrogens (tertiary/aromatic N) is 3. The summed E-state index contributed by atoms with van der Waals surface area (Å²) in [6.45, 7) is 0. The zero-order valence-corrected chi connectivity index (χ0v) is 17.6. The molecule has 3 aromatic rings. The smallest absolute Gasteiger partial charge is 0.236 e. The second-order valence-corrected chi connectivity index (χ2v) is 8.95. The summed E-state index contributed by atoms with van der Waals surface area (Å²) >= 11 is 0. The van der Waals surface area contributed by atoms with Crippen LogP contribution in [0.1, 0.15) is 58.6 Å². The Hall–Kier alpha value is -3.47. The maximum absolute atomic E-state index is 6.27. The van der Waals surface area contributed by atoms with Crippen LogP contribution >= 0.6 is 0 Å². The van der Waals surface area contributed by atoms with E-state index in [4.69, 9.17) is 24.4 Å². The van der Waals surface area contributed by atoms with Gasteiger partial charge >= 0.3 is 0 Å². The van der Waals surface area contributed by atoms with Gasteiger partial charge in [0.15, 0.2) is 0 Å². The van der Waals surface area contributed by atoms with Crippen LogP contribution in [0.4, 0.5) is 0 Å². The number of aryl methyl sites for hydroxylation is 2. The van der Waals surface area contributed by atoms with E-state index in [-0.39, 0.29) is 24.3 Å². The molecule has 0 N–H and O–H groups in total. The Morgan fingerprint density at radius 2 is 1.09 bits per heavy atom. The molecule has 4 atom stereocenters. The average Bonchev–Trinajstić information content (AvgIpc) is 3.49. The number of hydrogen-bond acceptors (Lipinski definition) is 5. The van der Waals surface area contributed by atoms with Crippen LogP contribution in [0.25, 0.3) is 0 Å². The van der Waals surface area contributed by atoms with Gasteiger partial charge in [-0.1, -0.05) is 54.6 Å². The Kier molecular flexibility index (Phi) is 3.98. The lowest BCUT2D eigenvalue weighted by molar-refractivity contribution is 0.173. The van der Waals surface area contributed by atoms with E-state index in [1.54, 1.807) is 0 Å². The third kappa shape index (κ3) is 2.80. The topological polar surface area (TPSA) is 56.1 Å². The summed E-state index contributed by atoms with van der Waals surface area (Å²) in [7, 11) is 0. The van der Waals surface area contributed by atoms with Crippen molar-refractivity contribution in [2.24, 2.45) is 9.98 Å². The highest BCUT2D eigenvalue weighted by molar-refractivity contribution is 5.97. The maximum Gasteiger partial charge on any atom is 0.236 e. The Balaban J connectivity index is 1.20. The number of rotatable bonds is 2. The standard InChI is InChI=1S/C27H23N3O2/c1-3-8-18-16(6-1)12-14-22-24(18)29-26(31-22)20-10-5-11-21(28-20)27-30-25-19-9-4-2-7-17(19)13-15-23(25)32-27/h1-11,22-25H,12-15H2/t22-,23-,24+,25+/m1/s1. The van der Waals surface area contributed by atoms with Crippen molar-refractivity contribution in [1.29, 1.82) is 0 Å².